The highest BCUT2D eigenvalue weighted by Gasteiger charge is 2.32. The van der Waals surface area contributed by atoms with Crippen molar-refractivity contribution >= 4 is 5.69 Å². The number of ether oxygens (including phenoxy) is 1. The van der Waals surface area contributed by atoms with E-state index in [9.17, 15) is 15.2 Å². The summed E-state index contributed by atoms with van der Waals surface area (Å²) in [5.74, 6) is 0.0188. The van der Waals surface area contributed by atoms with Gasteiger partial charge >= 0.3 is 0 Å². The monoisotopic (exact) mass is 196 g/mol. The fourth-order valence-electron chi connectivity index (χ4n) is 1.50. The lowest BCUT2D eigenvalue weighted by atomic mass is 10.1. The van der Waals surface area contributed by atoms with Gasteiger partial charge in [-0.15, -0.1) is 0 Å². The van der Waals surface area contributed by atoms with Crippen molar-refractivity contribution in [3.8, 4) is 11.5 Å². The number of hydrogen-bond acceptors (Lipinski definition) is 5. The van der Waals surface area contributed by atoms with E-state index < -0.39 is 11.0 Å². The van der Waals surface area contributed by atoms with Crippen molar-refractivity contribution < 1.29 is 14.8 Å². The van der Waals surface area contributed by atoms with Crippen molar-refractivity contribution in [2.24, 2.45) is 5.73 Å². The molecule has 1 heterocycles. The summed E-state index contributed by atoms with van der Waals surface area (Å²) in [6, 6.07) is 1.91. The fraction of sp³-hybridized carbons (Fsp3) is 0.250. The zero-order valence-electron chi connectivity index (χ0n) is 7.14. The molecule has 6 nitrogen and oxygen atoms in total. The van der Waals surface area contributed by atoms with Gasteiger partial charge in [0.2, 0.25) is 0 Å². The molecule has 1 atom stereocenters. The first-order chi connectivity index (χ1) is 6.61. The van der Waals surface area contributed by atoms with Gasteiger partial charge < -0.3 is 15.6 Å². The average Bonchev–Trinajstić information content (AvgIpc) is 2.50. The molecule has 0 aromatic heterocycles. The van der Waals surface area contributed by atoms with Gasteiger partial charge in [-0.2, -0.15) is 0 Å². The number of nitrogens with zero attached hydrogens (tertiary/aromatic N) is 1. The molecular weight excluding hydrogens is 188 g/mol. The minimum absolute atomic E-state index is 0.109. The van der Waals surface area contributed by atoms with Crippen LogP contribution in [0.25, 0.3) is 0 Å². The molecule has 0 fully saturated rings. The highest BCUT2D eigenvalue weighted by molar-refractivity contribution is 5.59. The van der Waals surface area contributed by atoms with Gasteiger partial charge in [0.15, 0.2) is 11.5 Å². The molecule has 0 saturated carbocycles. The second-order valence-electron chi connectivity index (χ2n) is 3.02. The van der Waals surface area contributed by atoms with E-state index in [1.807, 2.05) is 0 Å². The maximum Gasteiger partial charge on any atom is 0.278 e. The Balaban J connectivity index is 2.66. The van der Waals surface area contributed by atoms with Crippen molar-refractivity contribution in [2.45, 2.75) is 6.04 Å². The summed E-state index contributed by atoms with van der Waals surface area (Å²) >= 11 is 0. The third-order valence-corrected chi connectivity index (χ3v) is 2.13. The van der Waals surface area contributed by atoms with Crippen LogP contribution in [0.2, 0.25) is 0 Å². The molecule has 0 saturated heterocycles. The lowest BCUT2D eigenvalue weighted by Gasteiger charge is -2.03. The largest absolute Gasteiger partial charge is 0.504 e. The quantitative estimate of drug-likeness (QED) is 0.508. The predicted octanol–water partition coefficient (Wildman–Crippen LogP) is 0.693. The Bertz CT molecular complexity index is 405. The summed E-state index contributed by atoms with van der Waals surface area (Å²) in [6.45, 7) is 0.160. The summed E-state index contributed by atoms with van der Waals surface area (Å²) in [4.78, 5) is 10.1. The van der Waals surface area contributed by atoms with Crippen LogP contribution in [0.15, 0.2) is 12.1 Å². The number of hydrogen-bond donors (Lipinski definition) is 2. The molecule has 1 aliphatic rings. The van der Waals surface area contributed by atoms with Crippen molar-refractivity contribution in [2.75, 3.05) is 6.61 Å². The van der Waals surface area contributed by atoms with Crippen molar-refractivity contribution in [3.05, 3.63) is 27.8 Å². The first kappa shape index (κ1) is 8.76. The van der Waals surface area contributed by atoms with Crippen LogP contribution in [0.5, 0.6) is 11.5 Å². The number of phenolic OH excluding ortho intramolecular Hbond substituents is 1. The van der Waals surface area contributed by atoms with Gasteiger partial charge in [0.25, 0.3) is 5.69 Å². The second kappa shape index (κ2) is 2.85. The minimum Gasteiger partial charge on any atom is -0.504 e. The number of fused-ring (bicyclic) bond motifs is 1. The van der Waals surface area contributed by atoms with E-state index in [4.69, 9.17) is 10.5 Å². The first-order valence-corrected chi connectivity index (χ1v) is 4.00. The fourth-order valence-corrected chi connectivity index (χ4v) is 1.50. The molecule has 0 radical (unpaired) electrons. The molecule has 0 amide bonds. The zero-order chi connectivity index (χ0) is 10.3. The number of phenols is 1. The lowest BCUT2D eigenvalue weighted by Crippen LogP contribution is -2.12. The molecule has 0 bridgehead atoms. The summed E-state index contributed by atoms with van der Waals surface area (Å²) in [5.41, 5.74) is 5.78. The number of aromatic hydroxyl groups is 1. The van der Waals surface area contributed by atoms with Crippen molar-refractivity contribution in [1.29, 1.82) is 0 Å². The van der Waals surface area contributed by atoms with Crippen LogP contribution in [-0.2, 0) is 0 Å². The molecule has 3 N–H and O–H groups in total. The third-order valence-electron chi connectivity index (χ3n) is 2.13. The van der Waals surface area contributed by atoms with Crippen LogP contribution in [0.4, 0.5) is 5.69 Å². The SMILES string of the molecule is N[C@@H]1COc2c(O)ccc([N+](=O)[O-])c21. The van der Waals surface area contributed by atoms with Gasteiger partial charge in [-0.3, -0.25) is 10.1 Å². The summed E-state index contributed by atoms with van der Waals surface area (Å²) in [5, 5.41) is 20.0. The molecule has 14 heavy (non-hydrogen) atoms. The van der Waals surface area contributed by atoms with E-state index in [2.05, 4.69) is 0 Å². The van der Waals surface area contributed by atoms with Crippen LogP contribution in [-0.4, -0.2) is 16.6 Å². The lowest BCUT2D eigenvalue weighted by molar-refractivity contribution is -0.385. The third kappa shape index (κ3) is 1.08. The van der Waals surface area contributed by atoms with E-state index in [-0.39, 0.29) is 29.4 Å². The first-order valence-electron chi connectivity index (χ1n) is 4.00. The van der Waals surface area contributed by atoms with Gasteiger partial charge in [0, 0.05) is 6.07 Å². The summed E-state index contributed by atoms with van der Waals surface area (Å²) in [6.07, 6.45) is 0. The Morgan fingerprint density at radius 3 is 3.00 bits per heavy atom. The molecule has 1 aromatic rings. The molecular formula is C8H8N2O4. The van der Waals surface area contributed by atoms with Gasteiger partial charge in [0.1, 0.15) is 6.61 Å². The molecule has 0 aliphatic carbocycles. The molecule has 1 aromatic carbocycles. The van der Waals surface area contributed by atoms with Gasteiger partial charge in [-0.25, -0.2) is 0 Å². The highest BCUT2D eigenvalue weighted by Crippen LogP contribution is 2.43. The Kier molecular flexibility index (Phi) is 1.78. The normalized spacial score (nSPS) is 18.8. The van der Waals surface area contributed by atoms with Crippen LogP contribution >= 0.6 is 0 Å². The number of nitro benzene ring substituents is 1. The van der Waals surface area contributed by atoms with Gasteiger partial charge in [-0.1, -0.05) is 0 Å². The molecule has 0 unspecified atom stereocenters. The number of benzene rings is 1. The van der Waals surface area contributed by atoms with Gasteiger partial charge in [0.05, 0.1) is 16.5 Å². The Hall–Kier alpha value is -1.82. The average molecular weight is 196 g/mol. The van der Waals surface area contributed by atoms with Crippen LogP contribution in [0.3, 0.4) is 0 Å². The number of nitro groups is 1. The van der Waals surface area contributed by atoms with Crippen molar-refractivity contribution in [1.82, 2.24) is 0 Å². The van der Waals surface area contributed by atoms with E-state index in [1.165, 1.54) is 12.1 Å². The molecule has 74 valence electrons. The Morgan fingerprint density at radius 2 is 2.36 bits per heavy atom. The van der Waals surface area contributed by atoms with Crippen LogP contribution in [0.1, 0.15) is 11.6 Å². The van der Waals surface area contributed by atoms with Crippen LogP contribution in [0, 0.1) is 10.1 Å². The van der Waals surface area contributed by atoms with Crippen LogP contribution < -0.4 is 10.5 Å². The maximum atomic E-state index is 10.6. The molecule has 0 spiro atoms. The Morgan fingerprint density at radius 1 is 1.64 bits per heavy atom. The number of rotatable bonds is 1. The summed E-state index contributed by atoms with van der Waals surface area (Å²) in [7, 11) is 0. The molecule has 2 rings (SSSR count). The van der Waals surface area contributed by atoms with Gasteiger partial charge in [-0.05, 0) is 6.07 Å². The van der Waals surface area contributed by atoms with E-state index in [0.717, 1.165) is 0 Å². The summed E-state index contributed by atoms with van der Waals surface area (Å²) < 4.78 is 5.05. The topological polar surface area (TPSA) is 98.6 Å². The zero-order valence-corrected chi connectivity index (χ0v) is 7.14. The smallest absolute Gasteiger partial charge is 0.278 e. The second-order valence-corrected chi connectivity index (χ2v) is 3.02. The predicted molar refractivity (Wildman–Crippen MR) is 47.2 cm³/mol. The maximum absolute atomic E-state index is 10.6. The van der Waals surface area contributed by atoms with E-state index >= 15 is 0 Å². The van der Waals surface area contributed by atoms with E-state index in [0.29, 0.717) is 0 Å². The molecule has 1 aliphatic heterocycles. The van der Waals surface area contributed by atoms with E-state index in [1.54, 1.807) is 0 Å². The Labute approximate surface area is 79.1 Å². The minimum atomic E-state index is -0.544. The molecule has 6 heteroatoms. The number of nitrogens with two attached hydrogens (primary N) is 1. The highest BCUT2D eigenvalue weighted by atomic mass is 16.6. The standard InChI is InChI=1S/C8H8N2O4/c9-4-3-14-8-6(11)2-1-5(7(4)8)10(12)13/h1-2,4,11H,3,9H2/t4-/m1/s1. The van der Waals surface area contributed by atoms with Crippen molar-refractivity contribution in [3.63, 3.8) is 0 Å².